The molecule has 1 aromatic rings. The number of phosphoric acid groups is 1. The molecule has 1 fully saturated rings. The van der Waals surface area contributed by atoms with Gasteiger partial charge in [-0.3, -0.25) is 9.09 Å². The van der Waals surface area contributed by atoms with Crippen LogP contribution in [0.1, 0.15) is 6.23 Å². The van der Waals surface area contributed by atoms with Crippen LogP contribution in [-0.4, -0.2) is 49.4 Å². The Bertz CT molecular complexity index is 620. The van der Waals surface area contributed by atoms with E-state index in [0.29, 0.717) is 0 Å². The standard InChI is InChI=1S/C9H13FN3O7P/c10-6-4(3-14)19-8(7(6)20-21(16,17)18)13-2-1-5(11)12-9(13)15/h1-2,4,6-8,14H,3H2,(H2,11,12,15)(H2,16,17,18)/t4-,6-,7-,8-/m1/s1. The second-order valence-electron chi connectivity index (χ2n) is 4.29. The number of hydrogen-bond acceptors (Lipinski definition) is 7. The third-order valence-corrected chi connectivity index (χ3v) is 3.35. The molecular weight excluding hydrogens is 312 g/mol. The van der Waals surface area contributed by atoms with Gasteiger partial charge >= 0.3 is 13.5 Å². The fraction of sp³-hybridized carbons (Fsp3) is 0.556. The Labute approximate surface area is 117 Å². The molecule has 21 heavy (non-hydrogen) atoms. The molecule has 10 nitrogen and oxygen atoms in total. The zero-order valence-electron chi connectivity index (χ0n) is 10.4. The first-order valence-electron chi connectivity index (χ1n) is 5.72. The fourth-order valence-electron chi connectivity index (χ4n) is 1.96. The number of aliphatic hydroxyl groups is 1. The van der Waals surface area contributed by atoms with Crippen molar-refractivity contribution in [1.29, 1.82) is 0 Å². The molecule has 0 saturated carbocycles. The maximum Gasteiger partial charge on any atom is 0.470 e. The number of nitrogens with zero attached hydrogens (tertiary/aromatic N) is 2. The first-order valence-corrected chi connectivity index (χ1v) is 7.25. The van der Waals surface area contributed by atoms with Gasteiger partial charge in [0.05, 0.1) is 6.61 Å². The highest BCUT2D eigenvalue weighted by atomic mass is 31.2. The van der Waals surface area contributed by atoms with E-state index in [1.165, 1.54) is 6.07 Å². The maximum atomic E-state index is 14.0. The third-order valence-electron chi connectivity index (χ3n) is 2.83. The number of nitrogen functional groups attached to an aromatic ring is 1. The van der Waals surface area contributed by atoms with Gasteiger partial charge in [-0.15, -0.1) is 0 Å². The van der Waals surface area contributed by atoms with Gasteiger partial charge in [-0.25, -0.2) is 13.8 Å². The molecule has 12 heteroatoms. The lowest BCUT2D eigenvalue weighted by Crippen LogP contribution is -2.35. The zero-order chi connectivity index (χ0) is 15.8. The first kappa shape index (κ1) is 16.0. The molecular formula is C9H13FN3O7P. The van der Waals surface area contributed by atoms with Gasteiger partial charge in [0.25, 0.3) is 0 Å². The van der Waals surface area contributed by atoms with Crippen molar-refractivity contribution >= 4 is 13.6 Å². The van der Waals surface area contributed by atoms with Crippen molar-refractivity contribution < 1.29 is 33.1 Å². The summed E-state index contributed by atoms with van der Waals surface area (Å²) in [5, 5.41) is 8.99. The van der Waals surface area contributed by atoms with Crippen LogP contribution in [-0.2, 0) is 13.8 Å². The highest BCUT2D eigenvalue weighted by Gasteiger charge is 2.49. The van der Waals surface area contributed by atoms with E-state index in [0.717, 1.165) is 10.8 Å². The second-order valence-corrected chi connectivity index (χ2v) is 5.49. The predicted octanol–water partition coefficient (Wildman–Crippen LogP) is -1.47. The summed E-state index contributed by atoms with van der Waals surface area (Å²) in [6, 6.07) is 1.22. The first-order chi connectivity index (χ1) is 9.73. The van der Waals surface area contributed by atoms with Gasteiger partial charge in [0.2, 0.25) is 0 Å². The molecule has 118 valence electrons. The van der Waals surface area contributed by atoms with Gasteiger partial charge in [-0.05, 0) is 6.07 Å². The number of anilines is 1. The molecule has 4 atom stereocenters. The highest BCUT2D eigenvalue weighted by molar-refractivity contribution is 7.46. The molecule has 2 rings (SSSR count). The van der Waals surface area contributed by atoms with E-state index in [1.807, 2.05) is 0 Å². The van der Waals surface area contributed by atoms with Crippen molar-refractivity contribution in [3.05, 3.63) is 22.7 Å². The number of alkyl halides is 1. The molecule has 0 aliphatic carbocycles. The number of phosphoric ester groups is 1. The molecule has 5 N–H and O–H groups in total. The van der Waals surface area contributed by atoms with Crippen LogP contribution in [0.15, 0.2) is 17.1 Å². The lowest BCUT2D eigenvalue weighted by atomic mass is 10.1. The van der Waals surface area contributed by atoms with Crippen molar-refractivity contribution in [2.24, 2.45) is 0 Å². The molecule has 1 aromatic heterocycles. The minimum atomic E-state index is -5.03. The minimum absolute atomic E-state index is 0.0859. The van der Waals surface area contributed by atoms with Crippen LogP contribution in [0.4, 0.5) is 10.2 Å². The number of aromatic nitrogens is 2. The minimum Gasteiger partial charge on any atom is -0.394 e. The summed E-state index contributed by atoms with van der Waals surface area (Å²) >= 11 is 0. The van der Waals surface area contributed by atoms with Crippen LogP contribution in [0.25, 0.3) is 0 Å². The van der Waals surface area contributed by atoms with E-state index in [2.05, 4.69) is 9.51 Å². The van der Waals surface area contributed by atoms with Crippen molar-refractivity contribution in [3.63, 3.8) is 0 Å². The summed E-state index contributed by atoms with van der Waals surface area (Å²) in [6.45, 7) is -0.754. The Morgan fingerprint density at radius 1 is 1.57 bits per heavy atom. The van der Waals surface area contributed by atoms with Gasteiger partial charge in [-0.1, -0.05) is 0 Å². The lowest BCUT2D eigenvalue weighted by Gasteiger charge is -2.21. The predicted molar refractivity (Wildman–Crippen MR) is 65.7 cm³/mol. The highest BCUT2D eigenvalue weighted by Crippen LogP contribution is 2.45. The Kier molecular flexibility index (Phi) is 4.42. The molecule has 0 amide bonds. The fourth-order valence-corrected chi connectivity index (χ4v) is 2.49. The van der Waals surface area contributed by atoms with Gasteiger partial charge in [0, 0.05) is 6.20 Å². The lowest BCUT2D eigenvalue weighted by molar-refractivity contribution is -0.0528. The topological polar surface area (TPSA) is 157 Å². The van der Waals surface area contributed by atoms with Gasteiger partial charge < -0.3 is 25.4 Å². The summed E-state index contributed by atoms with van der Waals surface area (Å²) in [5.74, 6) is -0.0859. The number of rotatable bonds is 4. The van der Waals surface area contributed by atoms with E-state index in [4.69, 9.17) is 25.4 Å². The monoisotopic (exact) mass is 325 g/mol. The molecule has 2 heterocycles. The molecule has 0 radical (unpaired) electrons. The summed E-state index contributed by atoms with van der Waals surface area (Å²) in [5.41, 5.74) is 4.40. The Morgan fingerprint density at radius 3 is 2.76 bits per heavy atom. The van der Waals surface area contributed by atoms with Crippen LogP contribution in [0.5, 0.6) is 0 Å². The SMILES string of the molecule is Nc1ccn([C@@H]2O[C@H](CO)[C@@H](F)[C@H]2OP(=O)(O)O)c(=O)n1. The summed E-state index contributed by atoms with van der Waals surface area (Å²) in [6.07, 6.45) is -5.60. The van der Waals surface area contributed by atoms with Gasteiger partial charge in [-0.2, -0.15) is 4.98 Å². The summed E-state index contributed by atoms with van der Waals surface area (Å²) < 4.78 is 35.1. The number of halogens is 1. The molecule has 0 unspecified atom stereocenters. The smallest absolute Gasteiger partial charge is 0.394 e. The van der Waals surface area contributed by atoms with E-state index in [-0.39, 0.29) is 5.82 Å². The summed E-state index contributed by atoms with van der Waals surface area (Å²) in [4.78, 5) is 32.7. The molecule has 0 bridgehead atoms. The average Bonchev–Trinajstić information content (AvgIpc) is 2.65. The second kappa shape index (κ2) is 5.79. The van der Waals surface area contributed by atoms with Gasteiger partial charge in [0.1, 0.15) is 18.0 Å². The van der Waals surface area contributed by atoms with Crippen molar-refractivity contribution in [2.45, 2.75) is 24.6 Å². The Morgan fingerprint density at radius 2 is 2.24 bits per heavy atom. The molecule has 0 spiro atoms. The van der Waals surface area contributed by atoms with Crippen molar-refractivity contribution in [2.75, 3.05) is 12.3 Å². The normalized spacial score (nSPS) is 29.7. The Balaban J connectivity index is 2.39. The average molecular weight is 325 g/mol. The van der Waals surface area contributed by atoms with E-state index < -0.39 is 44.7 Å². The van der Waals surface area contributed by atoms with Crippen LogP contribution >= 0.6 is 7.82 Å². The zero-order valence-corrected chi connectivity index (χ0v) is 11.3. The van der Waals surface area contributed by atoms with Crippen molar-refractivity contribution in [1.82, 2.24) is 9.55 Å². The molecule has 0 aromatic carbocycles. The summed E-state index contributed by atoms with van der Waals surface area (Å²) in [7, 11) is -5.03. The third kappa shape index (κ3) is 3.46. The number of hydrogen-bond donors (Lipinski definition) is 4. The van der Waals surface area contributed by atoms with Crippen LogP contribution in [0.2, 0.25) is 0 Å². The number of aliphatic hydroxyl groups excluding tert-OH is 1. The maximum absolute atomic E-state index is 14.0. The van der Waals surface area contributed by atoms with Crippen LogP contribution in [0, 0.1) is 0 Å². The number of ether oxygens (including phenoxy) is 1. The largest absolute Gasteiger partial charge is 0.470 e. The quantitative estimate of drug-likeness (QED) is 0.485. The number of nitrogens with two attached hydrogens (primary N) is 1. The molecule has 1 aliphatic rings. The van der Waals surface area contributed by atoms with E-state index >= 15 is 0 Å². The van der Waals surface area contributed by atoms with E-state index in [1.54, 1.807) is 0 Å². The molecule has 1 aliphatic heterocycles. The van der Waals surface area contributed by atoms with E-state index in [9.17, 15) is 13.8 Å². The Hall–Kier alpha value is -1.36. The molecule has 1 saturated heterocycles. The van der Waals surface area contributed by atoms with Crippen LogP contribution < -0.4 is 11.4 Å². The van der Waals surface area contributed by atoms with Gasteiger partial charge in [0.15, 0.2) is 12.4 Å². The van der Waals surface area contributed by atoms with Crippen LogP contribution in [0.3, 0.4) is 0 Å². The van der Waals surface area contributed by atoms with Crippen molar-refractivity contribution in [3.8, 4) is 0 Å².